The summed E-state index contributed by atoms with van der Waals surface area (Å²) < 4.78 is 5.27. The first-order valence-corrected chi connectivity index (χ1v) is 8.62. The van der Waals surface area contributed by atoms with Crippen molar-refractivity contribution in [2.24, 2.45) is 0 Å². The number of nitrogens with zero attached hydrogens (tertiary/aromatic N) is 2. The highest BCUT2D eigenvalue weighted by atomic mass is 35.5. The van der Waals surface area contributed by atoms with Crippen LogP contribution in [0.2, 0.25) is 5.02 Å². The van der Waals surface area contributed by atoms with Crippen LogP contribution < -0.4 is 10.6 Å². The molecule has 0 radical (unpaired) electrons. The number of amides is 1. The third-order valence-electron chi connectivity index (χ3n) is 3.68. The van der Waals surface area contributed by atoms with Crippen molar-refractivity contribution in [3.8, 4) is 0 Å². The van der Waals surface area contributed by atoms with Crippen LogP contribution in [0.4, 0.5) is 5.82 Å². The largest absolute Gasteiger partial charge is 0.467 e. The summed E-state index contributed by atoms with van der Waals surface area (Å²) in [5.74, 6) is 1.65. The number of furan rings is 1. The lowest BCUT2D eigenvalue weighted by Gasteiger charge is -2.09. The van der Waals surface area contributed by atoms with Gasteiger partial charge in [-0.05, 0) is 43.2 Å². The number of rotatable bonds is 7. The molecule has 26 heavy (non-hydrogen) atoms. The molecule has 134 valence electrons. The lowest BCUT2D eigenvalue weighted by molar-refractivity contribution is 0.0949. The van der Waals surface area contributed by atoms with Crippen LogP contribution in [0.3, 0.4) is 0 Å². The van der Waals surface area contributed by atoms with Crippen LogP contribution >= 0.6 is 11.6 Å². The Kier molecular flexibility index (Phi) is 5.86. The van der Waals surface area contributed by atoms with E-state index in [1.54, 1.807) is 19.3 Å². The maximum absolute atomic E-state index is 12.4. The minimum absolute atomic E-state index is 0.237. The van der Waals surface area contributed by atoms with E-state index in [1.165, 1.54) is 0 Å². The van der Waals surface area contributed by atoms with E-state index in [0.29, 0.717) is 41.9 Å². The van der Waals surface area contributed by atoms with Crippen molar-refractivity contribution in [1.29, 1.82) is 0 Å². The average Bonchev–Trinajstić information content (AvgIpc) is 3.13. The number of halogens is 1. The van der Waals surface area contributed by atoms with Gasteiger partial charge in [-0.1, -0.05) is 23.7 Å². The van der Waals surface area contributed by atoms with Crippen molar-refractivity contribution < 1.29 is 9.21 Å². The molecule has 2 N–H and O–H groups in total. The van der Waals surface area contributed by atoms with Crippen molar-refractivity contribution >= 4 is 23.3 Å². The Morgan fingerprint density at radius 2 is 2.08 bits per heavy atom. The molecule has 0 saturated heterocycles. The van der Waals surface area contributed by atoms with E-state index < -0.39 is 0 Å². The van der Waals surface area contributed by atoms with Gasteiger partial charge in [0, 0.05) is 17.6 Å². The quantitative estimate of drug-likeness (QED) is 0.664. The number of carbonyl (C=O) groups is 1. The number of nitrogens with one attached hydrogen (secondary N) is 2. The molecule has 0 spiro atoms. The number of aromatic nitrogens is 2. The second-order valence-electron chi connectivity index (χ2n) is 5.75. The molecule has 0 atom stereocenters. The Labute approximate surface area is 156 Å². The van der Waals surface area contributed by atoms with Crippen molar-refractivity contribution in [3.63, 3.8) is 0 Å². The monoisotopic (exact) mass is 370 g/mol. The van der Waals surface area contributed by atoms with Crippen molar-refractivity contribution in [1.82, 2.24) is 15.3 Å². The minimum atomic E-state index is -0.237. The zero-order valence-corrected chi connectivity index (χ0v) is 15.1. The summed E-state index contributed by atoms with van der Waals surface area (Å²) in [6, 6.07) is 12.9. The normalized spacial score (nSPS) is 10.5. The molecule has 0 bridgehead atoms. The molecule has 1 amide bonds. The Balaban J connectivity index is 1.57. The van der Waals surface area contributed by atoms with Gasteiger partial charge in [-0.15, -0.1) is 0 Å². The third kappa shape index (κ3) is 5.07. The van der Waals surface area contributed by atoms with Crippen LogP contribution in [0, 0.1) is 6.92 Å². The summed E-state index contributed by atoms with van der Waals surface area (Å²) in [7, 11) is 0. The number of anilines is 1. The highest BCUT2D eigenvalue weighted by Crippen LogP contribution is 2.11. The fourth-order valence-corrected chi connectivity index (χ4v) is 2.68. The molecule has 0 aliphatic rings. The summed E-state index contributed by atoms with van der Waals surface area (Å²) in [5, 5.41) is 6.69. The molecule has 0 aliphatic carbocycles. The van der Waals surface area contributed by atoms with E-state index in [2.05, 4.69) is 20.6 Å². The van der Waals surface area contributed by atoms with Gasteiger partial charge in [0.2, 0.25) is 0 Å². The number of benzene rings is 1. The Morgan fingerprint density at radius 1 is 1.19 bits per heavy atom. The summed E-state index contributed by atoms with van der Waals surface area (Å²) >= 11 is 5.97. The maximum Gasteiger partial charge on any atom is 0.270 e. The fraction of sp³-hybridized carbons (Fsp3) is 0.211. The highest BCUT2D eigenvalue weighted by Gasteiger charge is 2.10. The summed E-state index contributed by atoms with van der Waals surface area (Å²) in [5.41, 5.74) is 1.39. The van der Waals surface area contributed by atoms with Gasteiger partial charge >= 0.3 is 0 Å². The standard InChI is InChI=1S/C19H19ClN4O2/c1-13-23-17(11-18(24-13)22-12-16-6-3-9-26-16)19(25)21-8-7-14-4-2-5-15(20)10-14/h2-6,9-11H,7-8,12H2,1H3,(H,21,25)(H,22,23,24). The van der Waals surface area contributed by atoms with E-state index >= 15 is 0 Å². The van der Waals surface area contributed by atoms with Gasteiger partial charge in [-0.2, -0.15) is 0 Å². The molecule has 2 heterocycles. The summed E-state index contributed by atoms with van der Waals surface area (Å²) in [6.45, 7) is 2.73. The van der Waals surface area contributed by atoms with Crippen LogP contribution in [0.25, 0.3) is 0 Å². The molecule has 0 fully saturated rings. The second-order valence-corrected chi connectivity index (χ2v) is 6.19. The summed E-state index contributed by atoms with van der Waals surface area (Å²) in [6.07, 6.45) is 2.31. The molecular weight excluding hydrogens is 352 g/mol. The SMILES string of the molecule is Cc1nc(NCc2ccco2)cc(C(=O)NCCc2cccc(Cl)c2)n1. The number of aryl methyl sites for hydroxylation is 1. The molecule has 0 saturated carbocycles. The minimum Gasteiger partial charge on any atom is -0.467 e. The van der Waals surface area contributed by atoms with Gasteiger partial charge in [0.05, 0.1) is 12.8 Å². The molecular formula is C19H19ClN4O2. The average molecular weight is 371 g/mol. The first kappa shape index (κ1) is 17.9. The molecule has 7 heteroatoms. The first-order chi connectivity index (χ1) is 12.6. The van der Waals surface area contributed by atoms with Crippen LogP contribution in [-0.2, 0) is 13.0 Å². The molecule has 2 aromatic heterocycles. The Bertz CT molecular complexity index is 881. The smallest absolute Gasteiger partial charge is 0.270 e. The van der Waals surface area contributed by atoms with Crippen LogP contribution in [0.5, 0.6) is 0 Å². The van der Waals surface area contributed by atoms with E-state index in [1.807, 2.05) is 36.4 Å². The number of hydrogen-bond donors (Lipinski definition) is 2. The third-order valence-corrected chi connectivity index (χ3v) is 3.92. The Hall–Kier alpha value is -2.86. The molecule has 0 unspecified atom stereocenters. The highest BCUT2D eigenvalue weighted by molar-refractivity contribution is 6.30. The van der Waals surface area contributed by atoms with Gasteiger partial charge < -0.3 is 15.1 Å². The van der Waals surface area contributed by atoms with Crippen LogP contribution in [-0.4, -0.2) is 22.4 Å². The van der Waals surface area contributed by atoms with E-state index in [-0.39, 0.29) is 5.91 Å². The molecule has 1 aromatic carbocycles. The van der Waals surface area contributed by atoms with E-state index in [0.717, 1.165) is 11.3 Å². The molecule has 0 aliphatic heterocycles. The number of hydrogen-bond acceptors (Lipinski definition) is 5. The lowest BCUT2D eigenvalue weighted by atomic mass is 10.1. The van der Waals surface area contributed by atoms with Crippen LogP contribution in [0.1, 0.15) is 27.6 Å². The summed E-state index contributed by atoms with van der Waals surface area (Å²) in [4.78, 5) is 20.9. The van der Waals surface area contributed by atoms with Gasteiger partial charge in [-0.3, -0.25) is 4.79 Å². The molecule has 3 aromatic rings. The lowest BCUT2D eigenvalue weighted by Crippen LogP contribution is -2.27. The van der Waals surface area contributed by atoms with Gasteiger partial charge in [0.25, 0.3) is 5.91 Å². The number of carbonyl (C=O) groups excluding carboxylic acids is 1. The van der Waals surface area contributed by atoms with Gasteiger partial charge in [0.15, 0.2) is 0 Å². The van der Waals surface area contributed by atoms with Crippen molar-refractivity contribution in [3.05, 3.63) is 76.6 Å². The zero-order valence-electron chi connectivity index (χ0n) is 14.3. The van der Waals surface area contributed by atoms with Crippen molar-refractivity contribution in [2.45, 2.75) is 19.9 Å². The van der Waals surface area contributed by atoms with E-state index in [4.69, 9.17) is 16.0 Å². The second kappa shape index (κ2) is 8.49. The van der Waals surface area contributed by atoms with E-state index in [9.17, 15) is 4.79 Å². The predicted octanol–water partition coefficient (Wildman–Crippen LogP) is 3.62. The fourth-order valence-electron chi connectivity index (χ4n) is 2.47. The first-order valence-electron chi connectivity index (χ1n) is 8.25. The maximum atomic E-state index is 12.4. The topological polar surface area (TPSA) is 80.0 Å². The Morgan fingerprint density at radius 3 is 2.85 bits per heavy atom. The molecule has 3 rings (SSSR count). The van der Waals surface area contributed by atoms with Crippen LogP contribution in [0.15, 0.2) is 53.1 Å². The van der Waals surface area contributed by atoms with Gasteiger partial charge in [-0.25, -0.2) is 9.97 Å². The zero-order chi connectivity index (χ0) is 18.4. The predicted molar refractivity (Wildman–Crippen MR) is 100 cm³/mol. The van der Waals surface area contributed by atoms with Crippen molar-refractivity contribution in [2.75, 3.05) is 11.9 Å². The van der Waals surface area contributed by atoms with Gasteiger partial charge in [0.1, 0.15) is 23.1 Å². The molecule has 6 nitrogen and oxygen atoms in total.